The molecule has 2 N–H and O–H groups in total. The van der Waals surface area contributed by atoms with Gasteiger partial charge in [0.25, 0.3) is 5.91 Å². The van der Waals surface area contributed by atoms with Gasteiger partial charge >= 0.3 is 6.01 Å². The molecule has 4 rings (SSSR count). The molecule has 38 heavy (non-hydrogen) atoms. The summed E-state index contributed by atoms with van der Waals surface area (Å²) in [7, 11) is -1.80. The van der Waals surface area contributed by atoms with Crippen LogP contribution in [-0.4, -0.2) is 70.1 Å². The predicted octanol–water partition coefficient (Wildman–Crippen LogP) is 2.41. The molecule has 14 heteroatoms. The smallest absolute Gasteiger partial charge is 0.327 e. The number of nitrogens with one attached hydrogen (secondary N) is 2. The van der Waals surface area contributed by atoms with E-state index in [1.54, 1.807) is 30.3 Å². The van der Waals surface area contributed by atoms with Crippen LogP contribution in [0.3, 0.4) is 0 Å². The first-order chi connectivity index (χ1) is 18.2. The lowest BCUT2D eigenvalue weighted by atomic mass is 10.3. The number of carbonyl (C=O) groups is 1. The molecular weight excluding hydrogens is 512 g/mol. The van der Waals surface area contributed by atoms with Crippen molar-refractivity contribution in [1.82, 2.24) is 29.7 Å². The Labute approximate surface area is 219 Å². The predicted molar refractivity (Wildman–Crippen MR) is 138 cm³/mol. The summed E-state index contributed by atoms with van der Waals surface area (Å²) in [5.41, 5.74) is 0.818. The van der Waals surface area contributed by atoms with Crippen LogP contribution in [0.1, 0.15) is 23.2 Å². The number of nitrogens with zero attached hydrogens (tertiary/aromatic N) is 6. The average Bonchev–Trinajstić information content (AvgIpc) is 3.31. The van der Waals surface area contributed by atoms with Crippen LogP contribution in [0.2, 0.25) is 0 Å². The molecule has 198 valence electrons. The van der Waals surface area contributed by atoms with Crippen LogP contribution in [-0.2, 0) is 21.1 Å². The molecule has 1 atom stereocenters. The van der Waals surface area contributed by atoms with Gasteiger partial charge in [-0.15, -0.1) is 0 Å². The maximum atomic E-state index is 13.0. The average molecular weight is 539 g/mol. The van der Waals surface area contributed by atoms with Crippen molar-refractivity contribution in [3.63, 3.8) is 0 Å². The van der Waals surface area contributed by atoms with Gasteiger partial charge in [0.1, 0.15) is 5.75 Å². The molecule has 0 saturated heterocycles. The number of anilines is 2. The lowest BCUT2D eigenvalue weighted by Crippen LogP contribution is -2.24. The quantitative estimate of drug-likeness (QED) is 0.288. The monoisotopic (exact) mass is 538 g/mol. The van der Waals surface area contributed by atoms with Gasteiger partial charge in [-0.1, -0.05) is 6.07 Å². The summed E-state index contributed by atoms with van der Waals surface area (Å²) >= 11 is 0. The number of rotatable bonds is 11. The van der Waals surface area contributed by atoms with Crippen molar-refractivity contribution < 1.29 is 22.7 Å². The molecule has 13 nitrogen and oxygen atoms in total. The minimum Gasteiger partial charge on any atom is -0.424 e. The Morgan fingerprint density at radius 3 is 2.55 bits per heavy atom. The Hall–Kier alpha value is -4.43. The van der Waals surface area contributed by atoms with Crippen molar-refractivity contribution >= 4 is 27.5 Å². The van der Waals surface area contributed by atoms with E-state index in [9.17, 15) is 13.2 Å². The largest absolute Gasteiger partial charge is 0.424 e. The van der Waals surface area contributed by atoms with E-state index < -0.39 is 15.7 Å². The number of pyridine rings is 1. The van der Waals surface area contributed by atoms with Crippen molar-refractivity contribution in [2.75, 3.05) is 30.6 Å². The molecule has 3 heterocycles. The number of ether oxygens (including phenoxy) is 2. The Bertz CT molecular complexity index is 1490. The molecule has 0 spiro atoms. The van der Waals surface area contributed by atoms with E-state index in [4.69, 9.17) is 9.47 Å². The first-order valence-corrected chi connectivity index (χ1v) is 13.3. The number of carbonyl (C=O) groups excluding carboxylic acids is 1. The topological polar surface area (TPSA) is 163 Å². The van der Waals surface area contributed by atoms with E-state index in [1.165, 1.54) is 24.3 Å². The number of benzene rings is 1. The Morgan fingerprint density at radius 2 is 1.87 bits per heavy atom. The van der Waals surface area contributed by atoms with Crippen LogP contribution in [0, 0.1) is 0 Å². The maximum Gasteiger partial charge on any atom is 0.327 e. The summed E-state index contributed by atoms with van der Waals surface area (Å²) in [6, 6.07) is 12.6. The summed E-state index contributed by atoms with van der Waals surface area (Å²) in [6.45, 7) is 2.65. The lowest BCUT2D eigenvalue weighted by Gasteiger charge is -2.14. The van der Waals surface area contributed by atoms with E-state index >= 15 is 0 Å². The van der Waals surface area contributed by atoms with Crippen LogP contribution < -0.4 is 15.4 Å². The van der Waals surface area contributed by atoms with Gasteiger partial charge < -0.3 is 20.1 Å². The highest BCUT2D eigenvalue weighted by molar-refractivity contribution is 7.90. The highest BCUT2D eigenvalue weighted by atomic mass is 32.2. The van der Waals surface area contributed by atoms with Gasteiger partial charge in [-0.25, -0.2) is 8.42 Å². The number of aromatic nitrogens is 6. The molecular formula is C24H26N8O5S. The molecule has 0 aliphatic heterocycles. The number of sulfone groups is 1. The zero-order valence-corrected chi connectivity index (χ0v) is 21.7. The molecule has 0 fully saturated rings. The van der Waals surface area contributed by atoms with Gasteiger partial charge in [0, 0.05) is 37.9 Å². The second-order valence-electron chi connectivity index (χ2n) is 8.29. The summed E-state index contributed by atoms with van der Waals surface area (Å²) in [5.74, 6) is -0.172. The zero-order chi connectivity index (χ0) is 27.1. The van der Waals surface area contributed by atoms with Crippen LogP contribution >= 0.6 is 0 Å². The van der Waals surface area contributed by atoms with E-state index in [2.05, 4.69) is 35.7 Å². The first-order valence-electron chi connectivity index (χ1n) is 11.4. The van der Waals surface area contributed by atoms with Crippen LogP contribution in [0.25, 0.3) is 0 Å². The van der Waals surface area contributed by atoms with Gasteiger partial charge in [-0.05, 0) is 43.3 Å². The third kappa shape index (κ3) is 7.30. The summed E-state index contributed by atoms with van der Waals surface area (Å²) < 4.78 is 35.9. The summed E-state index contributed by atoms with van der Waals surface area (Å²) in [4.78, 5) is 30.0. The molecule has 3 aromatic heterocycles. The summed E-state index contributed by atoms with van der Waals surface area (Å²) in [6.07, 6.45) is 4.52. The molecule has 1 unspecified atom stereocenters. The second-order valence-corrected chi connectivity index (χ2v) is 10.3. The molecule has 1 amide bonds. The third-order valence-corrected chi connectivity index (χ3v) is 6.13. The Balaban J connectivity index is 1.54. The first kappa shape index (κ1) is 26.6. The van der Waals surface area contributed by atoms with Gasteiger partial charge in [-0.3, -0.25) is 14.5 Å². The Morgan fingerprint density at radius 1 is 1.08 bits per heavy atom. The second kappa shape index (κ2) is 11.7. The van der Waals surface area contributed by atoms with Crippen LogP contribution in [0.5, 0.6) is 11.8 Å². The van der Waals surface area contributed by atoms with Gasteiger partial charge in [-0.2, -0.15) is 20.1 Å². The minimum atomic E-state index is -3.36. The maximum absolute atomic E-state index is 13.0. The van der Waals surface area contributed by atoms with Crippen molar-refractivity contribution in [1.29, 1.82) is 0 Å². The molecule has 0 saturated carbocycles. The lowest BCUT2D eigenvalue weighted by molar-refractivity contribution is 0.101. The van der Waals surface area contributed by atoms with Crippen molar-refractivity contribution in [3.8, 4) is 11.8 Å². The molecule has 0 bridgehead atoms. The zero-order valence-electron chi connectivity index (χ0n) is 20.9. The van der Waals surface area contributed by atoms with Crippen molar-refractivity contribution in [3.05, 3.63) is 72.4 Å². The Kier molecular flexibility index (Phi) is 8.23. The normalized spacial score (nSPS) is 12.1. The van der Waals surface area contributed by atoms with E-state index in [-0.39, 0.29) is 34.5 Å². The fourth-order valence-corrected chi connectivity index (χ4v) is 3.92. The highest BCUT2D eigenvalue weighted by Gasteiger charge is 2.18. The number of hydrogen-bond acceptors (Lipinski definition) is 11. The van der Waals surface area contributed by atoms with Gasteiger partial charge in [0.15, 0.2) is 15.7 Å². The van der Waals surface area contributed by atoms with Crippen molar-refractivity contribution in [2.24, 2.45) is 0 Å². The highest BCUT2D eigenvalue weighted by Crippen LogP contribution is 2.21. The molecule has 0 aliphatic carbocycles. The SMILES string of the molecule is COCC(C)Nc1nc(Oc2ccc(S(C)(=O)=O)cc2)nc(C(=O)Nc2ccn(Cc3ccccn3)n2)n1. The molecule has 1 aromatic carbocycles. The fourth-order valence-electron chi connectivity index (χ4n) is 3.29. The number of hydrogen-bond donors (Lipinski definition) is 2. The van der Waals surface area contributed by atoms with Crippen molar-refractivity contribution in [2.45, 2.75) is 24.4 Å². The number of amides is 1. The third-order valence-electron chi connectivity index (χ3n) is 5.00. The summed E-state index contributed by atoms with van der Waals surface area (Å²) in [5, 5.41) is 10.0. The van der Waals surface area contributed by atoms with Gasteiger partial charge in [0.2, 0.25) is 11.8 Å². The standard InChI is InChI=1S/C24H26N8O5S/c1-16(15-36-2)26-23-28-21(29-24(30-23)37-18-7-9-19(10-8-18)38(3,34)35)22(33)27-20-11-13-32(31-20)14-17-6-4-5-12-25-17/h4-13,16H,14-15H2,1-3H3,(H,27,31,33)(H,26,28,29,30). The van der Waals surface area contributed by atoms with Gasteiger partial charge in [0.05, 0.1) is 23.7 Å². The van der Waals surface area contributed by atoms with E-state index in [0.717, 1.165) is 11.9 Å². The number of methoxy groups -OCH3 is 1. The van der Waals surface area contributed by atoms with E-state index in [1.807, 2.05) is 25.1 Å². The van der Waals surface area contributed by atoms with Crippen LogP contribution in [0.15, 0.2) is 65.8 Å². The molecule has 0 aliphatic rings. The fraction of sp³-hybridized carbons (Fsp3) is 0.250. The van der Waals surface area contributed by atoms with Crippen LogP contribution in [0.4, 0.5) is 11.8 Å². The molecule has 0 radical (unpaired) electrons. The molecule has 4 aromatic rings. The minimum absolute atomic E-state index is 0.0955. The van der Waals surface area contributed by atoms with E-state index in [0.29, 0.717) is 19.0 Å².